The Kier molecular flexibility index (Phi) is 4.95. The van der Waals surface area contributed by atoms with Gasteiger partial charge < -0.3 is 10.1 Å². The lowest BCUT2D eigenvalue weighted by Crippen LogP contribution is -2.33. The highest BCUT2D eigenvalue weighted by molar-refractivity contribution is 7.98. The fourth-order valence-corrected chi connectivity index (χ4v) is 3.08. The number of hydrogen-bond donors (Lipinski definition) is 1. The molecule has 0 bridgehead atoms. The van der Waals surface area contributed by atoms with Gasteiger partial charge in [-0.25, -0.2) is 0 Å². The molecule has 1 heterocycles. The Balaban J connectivity index is 1.74. The Morgan fingerprint density at radius 3 is 3.11 bits per heavy atom. The summed E-state index contributed by atoms with van der Waals surface area (Å²) in [6, 6.07) is 6.46. The minimum Gasteiger partial charge on any atom is -0.488 e. The summed E-state index contributed by atoms with van der Waals surface area (Å²) in [5.41, 5.74) is 2.68. The van der Waals surface area contributed by atoms with Crippen molar-refractivity contribution >= 4 is 11.8 Å². The molecule has 2 atom stereocenters. The summed E-state index contributed by atoms with van der Waals surface area (Å²) in [6.07, 6.45) is 3.51. The molecule has 0 spiro atoms. The molecule has 1 aromatic carbocycles. The van der Waals surface area contributed by atoms with Gasteiger partial charge in [0.2, 0.25) is 0 Å². The first-order valence-corrected chi connectivity index (χ1v) is 8.04. The normalized spacial score (nSPS) is 19.4. The standard InChI is InChI=1S/C15H23NOS/c1-11-4-5-15-13(6-11)7-14(17-15)9-16-8-12(2)10-18-3/h4-6,12,14,16H,7-10H2,1-3H3. The lowest BCUT2D eigenvalue weighted by Gasteiger charge is -2.14. The second-order valence-electron chi connectivity index (χ2n) is 5.27. The molecule has 2 unspecified atom stereocenters. The number of rotatable bonds is 6. The fourth-order valence-electron chi connectivity index (χ4n) is 2.40. The zero-order valence-electron chi connectivity index (χ0n) is 11.5. The van der Waals surface area contributed by atoms with Crippen molar-refractivity contribution in [2.45, 2.75) is 26.4 Å². The average Bonchev–Trinajstić information content (AvgIpc) is 2.71. The van der Waals surface area contributed by atoms with Crippen molar-refractivity contribution in [1.82, 2.24) is 5.32 Å². The summed E-state index contributed by atoms with van der Waals surface area (Å²) >= 11 is 1.91. The second-order valence-corrected chi connectivity index (χ2v) is 6.18. The molecular weight excluding hydrogens is 242 g/mol. The van der Waals surface area contributed by atoms with Crippen molar-refractivity contribution in [1.29, 1.82) is 0 Å². The maximum Gasteiger partial charge on any atom is 0.123 e. The summed E-state index contributed by atoms with van der Waals surface area (Å²) in [5, 5.41) is 3.52. The quantitative estimate of drug-likeness (QED) is 0.854. The summed E-state index contributed by atoms with van der Waals surface area (Å²) in [5.74, 6) is 3.02. The van der Waals surface area contributed by atoms with Gasteiger partial charge in [-0.15, -0.1) is 0 Å². The van der Waals surface area contributed by atoms with Crippen LogP contribution in [0.4, 0.5) is 0 Å². The van der Waals surface area contributed by atoms with Crippen molar-refractivity contribution in [2.24, 2.45) is 5.92 Å². The molecule has 0 amide bonds. The molecule has 2 nitrogen and oxygen atoms in total. The van der Waals surface area contributed by atoms with E-state index >= 15 is 0 Å². The van der Waals surface area contributed by atoms with Crippen LogP contribution in [0.25, 0.3) is 0 Å². The van der Waals surface area contributed by atoms with Gasteiger partial charge in [0, 0.05) is 13.0 Å². The largest absolute Gasteiger partial charge is 0.488 e. The van der Waals surface area contributed by atoms with Crippen LogP contribution in [0.2, 0.25) is 0 Å². The van der Waals surface area contributed by atoms with Crippen LogP contribution in [-0.4, -0.2) is 31.2 Å². The number of aryl methyl sites for hydroxylation is 1. The van der Waals surface area contributed by atoms with Crippen LogP contribution in [0.1, 0.15) is 18.1 Å². The zero-order valence-corrected chi connectivity index (χ0v) is 12.3. The number of nitrogens with one attached hydrogen (secondary N) is 1. The predicted octanol–water partition coefficient (Wildman–Crippen LogP) is 2.89. The van der Waals surface area contributed by atoms with Crippen LogP contribution in [0, 0.1) is 12.8 Å². The third-order valence-corrected chi connectivity index (χ3v) is 4.18. The first-order chi connectivity index (χ1) is 8.69. The van der Waals surface area contributed by atoms with Gasteiger partial charge in [-0.3, -0.25) is 0 Å². The van der Waals surface area contributed by atoms with E-state index in [0.717, 1.165) is 31.2 Å². The van der Waals surface area contributed by atoms with Crippen molar-refractivity contribution in [3.05, 3.63) is 29.3 Å². The smallest absolute Gasteiger partial charge is 0.123 e. The molecule has 3 heteroatoms. The van der Waals surface area contributed by atoms with Crippen LogP contribution >= 0.6 is 11.8 Å². The van der Waals surface area contributed by atoms with Crippen LogP contribution in [0.5, 0.6) is 5.75 Å². The van der Waals surface area contributed by atoms with Crippen molar-refractivity contribution in [2.75, 3.05) is 25.1 Å². The molecule has 2 rings (SSSR count). The SMILES string of the molecule is CSCC(C)CNCC1Cc2cc(C)ccc2O1. The Morgan fingerprint density at radius 2 is 2.33 bits per heavy atom. The van der Waals surface area contributed by atoms with E-state index in [1.54, 1.807) is 0 Å². The molecule has 0 saturated carbocycles. The molecule has 1 aliphatic heterocycles. The molecule has 0 fully saturated rings. The number of thioether (sulfide) groups is 1. The van der Waals surface area contributed by atoms with Gasteiger partial charge in [0.15, 0.2) is 0 Å². The summed E-state index contributed by atoms with van der Waals surface area (Å²) in [4.78, 5) is 0. The predicted molar refractivity (Wildman–Crippen MR) is 79.7 cm³/mol. The van der Waals surface area contributed by atoms with E-state index in [-0.39, 0.29) is 0 Å². The maximum absolute atomic E-state index is 5.94. The van der Waals surface area contributed by atoms with Crippen molar-refractivity contribution in [3.8, 4) is 5.75 Å². The zero-order chi connectivity index (χ0) is 13.0. The Morgan fingerprint density at radius 1 is 1.50 bits per heavy atom. The Labute approximate surface area is 114 Å². The van der Waals surface area contributed by atoms with Crippen molar-refractivity contribution < 1.29 is 4.74 Å². The molecular formula is C15H23NOS. The summed E-state index contributed by atoms with van der Waals surface area (Å²) in [6.45, 7) is 6.45. The lowest BCUT2D eigenvalue weighted by molar-refractivity contribution is 0.226. The fraction of sp³-hybridized carbons (Fsp3) is 0.600. The first kappa shape index (κ1) is 13.8. The average molecular weight is 265 g/mol. The number of ether oxygens (including phenoxy) is 1. The summed E-state index contributed by atoms with van der Waals surface area (Å²) in [7, 11) is 0. The highest BCUT2D eigenvalue weighted by atomic mass is 32.2. The summed E-state index contributed by atoms with van der Waals surface area (Å²) < 4.78 is 5.94. The number of fused-ring (bicyclic) bond motifs is 1. The van der Waals surface area contributed by atoms with Gasteiger partial charge in [-0.05, 0) is 43.0 Å². The molecule has 100 valence electrons. The third kappa shape index (κ3) is 3.66. The molecule has 18 heavy (non-hydrogen) atoms. The van der Waals surface area contributed by atoms with E-state index in [4.69, 9.17) is 4.74 Å². The van der Waals surface area contributed by atoms with Gasteiger partial charge in [0.1, 0.15) is 11.9 Å². The van der Waals surface area contributed by atoms with E-state index in [0.29, 0.717) is 6.10 Å². The monoisotopic (exact) mass is 265 g/mol. The van der Waals surface area contributed by atoms with Crippen molar-refractivity contribution in [3.63, 3.8) is 0 Å². The minimum atomic E-state index is 0.309. The van der Waals surface area contributed by atoms with Gasteiger partial charge in [-0.1, -0.05) is 24.6 Å². The van der Waals surface area contributed by atoms with Gasteiger partial charge in [-0.2, -0.15) is 11.8 Å². The number of hydrogen-bond acceptors (Lipinski definition) is 3. The molecule has 0 aromatic heterocycles. The molecule has 1 aromatic rings. The maximum atomic E-state index is 5.94. The Hall–Kier alpha value is -0.670. The topological polar surface area (TPSA) is 21.3 Å². The first-order valence-electron chi connectivity index (χ1n) is 6.65. The van der Waals surface area contributed by atoms with E-state index in [1.165, 1.54) is 16.9 Å². The van der Waals surface area contributed by atoms with E-state index in [2.05, 4.69) is 43.6 Å². The molecule has 0 saturated heterocycles. The van der Waals surface area contributed by atoms with E-state index in [1.807, 2.05) is 11.8 Å². The van der Waals surface area contributed by atoms with E-state index in [9.17, 15) is 0 Å². The number of benzene rings is 1. The molecule has 1 aliphatic rings. The highest BCUT2D eigenvalue weighted by Gasteiger charge is 2.22. The van der Waals surface area contributed by atoms with Gasteiger partial charge in [0.05, 0.1) is 0 Å². The highest BCUT2D eigenvalue weighted by Crippen LogP contribution is 2.29. The van der Waals surface area contributed by atoms with Gasteiger partial charge in [0.25, 0.3) is 0 Å². The molecule has 0 radical (unpaired) electrons. The minimum absolute atomic E-state index is 0.309. The second kappa shape index (κ2) is 6.48. The van der Waals surface area contributed by atoms with Crippen LogP contribution in [0.3, 0.4) is 0 Å². The van der Waals surface area contributed by atoms with Gasteiger partial charge >= 0.3 is 0 Å². The molecule has 0 aliphatic carbocycles. The van der Waals surface area contributed by atoms with Crippen LogP contribution < -0.4 is 10.1 Å². The molecule has 1 N–H and O–H groups in total. The van der Waals surface area contributed by atoms with Crippen LogP contribution in [-0.2, 0) is 6.42 Å². The Bertz CT molecular complexity index is 394. The third-order valence-electron chi connectivity index (χ3n) is 3.27. The lowest BCUT2D eigenvalue weighted by atomic mass is 10.1. The van der Waals surface area contributed by atoms with E-state index < -0.39 is 0 Å². The van der Waals surface area contributed by atoms with Crippen LogP contribution in [0.15, 0.2) is 18.2 Å².